The van der Waals surface area contributed by atoms with Crippen LogP contribution in [0, 0.1) is 6.92 Å². The molecule has 0 unspecified atom stereocenters. The number of rotatable bonds is 6. The molecule has 4 heterocycles. The van der Waals surface area contributed by atoms with Gasteiger partial charge in [0.25, 0.3) is 5.91 Å². The summed E-state index contributed by atoms with van der Waals surface area (Å²) >= 11 is 0. The molecule has 0 spiro atoms. The van der Waals surface area contributed by atoms with Crippen molar-refractivity contribution >= 4 is 11.8 Å². The molecule has 0 aliphatic carbocycles. The van der Waals surface area contributed by atoms with Gasteiger partial charge in [0.05, 0.1) is 23.9 Å². The number of aryl methyl sites for hydroxylation is 1. The number of nitrogens with zero attached hydrogens (tertiary/aromatic N) is 5. The average Bonchev–Trinajstić information content (AvgIpc) is 3.40. The quantitative estimate of drug-likeness (QED) is 0.694. The van der Waals surface area contributed by atoms with Gasteiger partial charge in [0.15, 0.2) is 0 Å². The standard InChI is InChI=1S/C23H32N6O3/c1-3-29-16(2)20(14-26-29)23(32)27-9-6-18(7-10-27)28-15-19(30)11-21(28)22(31)25-13-17-5-4-8-24-12-17/h4-5,8,12,14,18-19,21,30H,3,6-7,9-11,13,15H2,1-2H3,(H,25,31)/t19-,21+/m1/s1. The summed E-state index contributed by atoms with van der Waals surface area (Å²) in [4.78, 5) is 33.9. The third-order valence-corrected chi connectivity index (χ3v) is 6.66. The van der Waals surface area contributed by atoms with Gasteiger partial charge in [-0.25, -0.2) is 0 Å². The number of aliphatic hydroxyl groups excluding tert-OH is 1. The Morgan fingerprint density at radius 1 is 1.25 bits per heavy atom. The second-order valence-corrected chi connectivity index (χ2v) is 8.66. The Morgan fingerprint density at radius 2 is 2.03 bits per heavy atom. The molecule has 2 aromatic rings. The molecule has 9 heteroatoms. The fraction of sp³-hybridized carbons (Fsp3) is 0.565. The van der Waals surface area contributed by atoms with E-state index >= 15 is 0 Å². The van der Waals surface area contributed by atoms with Crippen molar-refractivity contribution in [1.82, 2.24) is 29.9 Å². The highest BCUT2D eigenvalue weighted by atomic mass is 16.3. The van der Waals surface area contributed by atoms with Crippen molar-refractivity contribution in [1.29, 1.82) is 0 Å². The molecule has 2 aliphatic heterocycles. The largest absolute Gasteiger partial charge is 0.392 e. The van der Waals surface area contributed by atoms with E-state index in [1.165, 1.54) is 0 Å². The van der Waals surface area contributed by atoms with E-state index < -0.39 is 6.10 Å². The van der Waals surface area contributed by atoms with Crippen molar-refractivity contribution in [2.45, 2.75) is 64.4 Å². The van der Waals surface area contributed by atoms with Crippen LogP contribution in [0.4, 0.5) is 0 Å². The summed E-state index contributed by atoms with van der Waals surface area (Å²) in [6.45, 7) is 6.86. The second-order valence-electron chi connectivity index (χ2n) is 8.66. The molecule has 2 saturated heterocycles. The number of piperidine rings is 1. The second kappa shape index (κ2) is 9.79. The van der Waals surface area contributed by atoms with E-state index in [-0.39, 0.29) is 23.9 Å². The predicted molar refractivity (Wildman–Crippen MR) is 119 cm³/mol. The average molecular weight is 441 g/mol. The number of carbonyl (C=O) groups excluding carboxylic acids is 2. The number of carbonyl (C=O) groups is 2. The van der Waals surface area contributed by atoms with Gasteiger partial charge in [-0.3, -0.25) is 24.2 Å². The van der Waals surface area contributed by atoms with Crippen LogP contribution >= 0.6 is 0 Å². The van der Waals surface area contributed by atoms with Crippen molar-refractivity contribution < 1.29 is 14.7 Å². The SMILES string of the molecule is CCn1ncc(C(=O)N2CCC(N3C[C@H](O)C[C@H]3C(=O)NCc3cccnc3)CC2)c1C. The summed E-state index contributed by atoms with van der Waals surface area (Å²) in [6, 6.07) is 3.59. The summed E-state index contributed by atoms with van der Waals surface area (Å²) in [5.74, 6) is -0.0422. The van der Waals surface area contributed by atoms with Crippen LogP contribution in [0.1, 0.15) is 47.8 Å². The molecule has 2 N–H and O–H groups in total. The van der Waals surface area contributed by atoms with Gasteiger partial charge in [0.1, 0.15) is 0 Å². The normalized spacial score (nSPS) is 22.3. The fourth-order valence-corrected chi connectivity index (χ4v) is 4.86. The Morgan fingerprint density at radius 3 is 2.69 bits per heavy atom. The van der Waals surface area contributed by atoms with Crippen molar-refractivity contribution in [2.24, 2.45) is 0 Å². The van der Waals surface area contributed by atoms with Crippen molar-refractivity contribution in [3.8, 4) is 0 Å². The Balaban J connectivity index is 1.34. The van der Waals surface area contributed by atoms with Crippen LogP contribution in [0.2, 0.25) is 0 Å². The minimum Gasteiger partial charge on any atom is -0.392 e. The van der Waals surface area contributed by atoms with Gasteiger partial charge in [-0.1, -0.05) is 6.07 Å². The first kappa shape index (κ1) is 22.4. The molecule has 2 aromatic heterocycles. The highest BCUT2D eigenvalue weighted by molar-refractivity contribution is 5.95. The van der Waals surface area contributed by atoms with Crippen molar-refractivity contribution in [3.05, 3.63) is 47.5 Å². The first-order chi connectivity index (χ1) is 15.5. The van der Waals surface area contributed by atoms with E-state index in [4.69, 9.17) is 0 Å². The number of aromatic nitrogens is 3. The molecule has 4 rings (SSSR count). The molecule has 2 amide bonds. The lowest BCUT2D eigenvalue weighted by Gasteiger charge is -2.38. The molecule has 32 heavy (non-hydrogen) atoms. The zero-order valence-electron chi connectivity index (χ0n) is 18.8. The Labute approximate surface area is 188 Å². The molecule has 9 nitrogen and oxygen atoms in total. The van der Waals surface area contributed by atoms with Crippen LogP contribution in [-0.2, 0) is 17.9 Å². The molecule has 172 valence electrons. The van der Waals surface area contributed by atoms with Gasteiger partial charge in [0.2, 0.25) is 5.91 Å². The third-order valence-electron chi connectivity index (χ3n) is 6.66. The van der Waals surface area contributed by atoms with E-state index in [1.807, 2.05) is 35.6 Å². The number of hydrogen-bond donors (Lipinski definition) is 2. The molecule has 0 saturated carbocycles. The molecule has 0 bridgehead atoms. The number of amides is 2. The number of β-amino-alcohol motifs (C(OH)–C–C–N with tert-alkyl or cyclic N) is 1. The van der Waals surface area contributed by atoms with Crippen LogP contribution in [0.25, 0.3) is 0 Å². The number of nitrogens with one attached hydrogen (secondary N) is 1. The van der Waals surface area contributed by atoms with Gasteiger partial charge in [-0.05, 0) is 44.7 Å². The summed E-state index contributed by atoms with van der Waals surface area (Å²) in [5.41, 5.74) is 2.50. The van der Waals surface area contributed by atoms with Gasteiger partial charge in [-0.15, -0.1) is 0 Å². The first-order valence-electron chi connectivity index (χ1n) is 11.4. The van der Waals surface area contributed by atoms with Gasteiger partial charge in [0, 0.05) is 56.9 Å². The highest BCUT2D eigenvalue weighted by Crippen LogP contribution is 2.27. The van der Waals surface area contributed by atoms with E-state index in [0.29, 0.717) is 38.2 Å². The summed E-state index contributed by atoms with van der Waals surface area (Å²) in [5, 5.41) is 17.6. The number of aliphatic hydroxyl groups is 1. The third kappa shape index (κ3) is 4.68. The molecule has 2 aliphatic rings. The molecule has 2 fully saturated rings. The minimum atomic E-state index is -0.508. The van der Waals surface area contributed by atoms with Crippen LogP contribution < -0.4 is 5.32 Å². The zero-order chi connectivity index (χ0) is 22.7. The van der Waals surface area contributed by atoms with Gasteiger partial charge < -0.3 is 15.3 Å². The molecular formula is C23H32N6O3. The lowest BCUT2D eigenvalue weighted by atomic mass is 10.0. The number of pyridine rings is 1. The van der Waals surface area contributed by atoms with Crippen molar-refractivity contribution in [3.63, 3.8) is 0 Å². The minimum absolute atomic E-state index is 0.0212. The lowest BCUT2D eigenvalue weighted by Crippen LogP contribution is -2.52. The summed E-state index contributed by atoms with van der Waals surface area (Å²) in [7, 11) is 0. The van der Waals surface area contributed by atoms with Gasteiger partial charge >= 0.3 is 0 Å². The van der Waals surface area contributed by atoms with Crippen molar-refractivity contribution in [2.75, 3.05) is 19.6 Å². The Bertz CT molecular complexity index is 938. The van der Waals surface area contributed by atoms with E-state index in [0.717, 1.165) is 30.6 Å². The Kier molecular flexibility index (Phi) is 6.86. The summed E-state index contributed by atoms with van der Waals surface area (Å²) < 4.78 is 1.83. The molecular weight excluding hydrogens is 408 g/mol. The first-order valence-corrected chi connectivity index (χ1v) is 11.4. The molecule has 2 atom stereocenters. The van der Waals surface area contributed by atoms with Crippen LogP contribution in [-0.4, -0.2) is 79.3 Å². The summed E-state index contributed by atoms with van der Waals surface area (Å²) in [6.07, 6.45) is 6.60. The van der Waals surface area contributed by atoms with Crippen LogP contribution in [0.15, 0.2) is 30.7 Å². The number of hydrogen-bond acceptors (Lipinski definition) is 6. The van der Waals surface area contributed by atoms with Crippen LogP contribution in [0.3, 0.4) is 0 Å². The topological polar surface area (TPSA) is 104 Å². The van der Waals surface area contributed by atoms with E-state index in [1.54, 1.807) is 18.6 Å². The fourth-order valence-electron chi connectivity index (χ4n) is 4.86. The maximum absolute atomic E-state index is 13.0. The monoisotopic (exact) mass is 440 g/mol. The maximum atomic E-state index is 13.0. The maximum Gasteiger partial charge on any atom is 0.257 e. The molecule has 0 radical (unpaired) electrons. The smallest absolute Gasteiger partial charge is 0.257 e. The molecule has 0 aromatic carbocycles. The van der Waals surface area contributed by atoms with E-state index in [2.05, 4.69) is 20.3 Å². The number of likely N-dealkylation sites (tertiary alicyclic amines) is 2. The lowest BCUT2D eigenvalue weighted by molar-refractivity contribution is -0.126. The van der Waals surface area contributed by atoms with Crippen LogP contribution in [0.5, 0.6) is 0 Å². The van der Waals surface area contributed by atoms with E-state index in [9.17, 15) is 14.7 Å². The van der Waals surface area contributed by atoms with Gasteiger partial charge in [-0.2, -0.15) is 5.10 Å². The Hall–Kier alpha value is -2.78. The zero-order valence-corrected chi connectivity index (χ0v) is 18.8. The highest BCUT2D eigenvalue weighted by Gasteiger charge is 2.41. The predicted octanol–water partition coefficient (Wildman–Crippen LogP) is 0.963.